The lowest BCUT2D eigenvalue weighted by atomic mass is 9.99. The third-order valence-corrected chi connectivity index (χ3v) is 4.54. The number of aliphatic carboxylic acids is 1. The number of carboxylic acids is 1. The number of halogens is 1. The molecule has 4 heteroatoms. The molecule has 0 saturated heterocycles. The zero-order valence-corrected chi connectivity index (χ0v) is 15.5. The minimum Gasteiger partial charge on any atom is -0.481 e. The van der Waals surface area contributed by atoms with Gasteiger partial charge in [0.2, 0.25) is 0 Å². The molecular weight excluding hydrogens is 366 g/mol. The molecule has 2 aromatic carbocycles. The minimum atomic E-state index is -0.740. The summed E-state index contributed by atoms with van der Waals surface area (Å²) in [5, 5.41) is 12.6. The minimum absolute atomic E-state index is 0.161. The predicted molar refractivity (Wildman–Crippen MR) is 101 cm³/mol. The van der Waals surface area contributed by atoms with E-state index in [1.54, 1.807) is 0 Å². The van der Waals surface area contributed by atoms with Gasteiger partial charge >= 0.3 is 5.97 Å². The van der Waals surface area contributed by atoms with Gasteiger partial charge in [0.25, 0.3) is 0 Å². The van der Waals surface area contributed by atoms with Crippen molar-refractivity contribution in [2.45, 2.75) is 44.7 Å². The second kappa shape index (κ2) is 9.60. The van der Waals surface area contributed by atoms with E-state index in [0.717, 1.165) is 17.3 Å². The summed E-state index contributed by atoms with van der Waals surface area (Å²) in [5.41, 5.74) is 2.51. The van der Waals surface area contributed by atoms with E-state index in [2.05, 4.69) is 52.4 Å². The van der Waals surface area contributed by atoms with E-state index in [9.17, 15) is 4.79 Å². The van der Waals surface area contributed by atoms with E-state index in [1.807, 2.05) is 30.3 Å². The van der Waals surface area contributed by atoms with Crippen LogP contribution in [0.15, 0.2) is 59.1 Å². The van der Waals surface area contributed by atoms with Crippen LogP contribution in [0, 0.1) is 0 Å². The summed E-state index contributed by atoms with van der Waals surface area (Å²) in [6, 6.07) is 19.0. The predicted octanol–water partition coefficient (Wildman–Crippen LogP) is 4.45. The molecule has 2 unspecified atom stereocenters. The van der Waals surface area contributed by atoms with Crippen LogP contribution < -0.4 is 5.32 Å². The highest BCUT2D eigenvalue weighted by molar-refractivity contribution is 9.10. The first-order valence-corrected chi connectivity index (χ1v) is 9.08. The Hall–Kier alpha value is -1.65. The van der Waals surface area contributed by atoms with Crippen LogP contribution in [0.3, 0.4) is 0 Å². The first kappa shape index (κ1) is 18.7. The van der Waals surface area contributed by atoms with Crippen LogP contribution in [0.1, 0.15) is 30.9 Å². The maximum atomic E-state index is 10.9. The Bertz CT molecular complexity index is 628. The van der Waals surface area contributed by atoms with Gasteiger partial charge in [0.1, 0.15) is 0 Å². The van der Waals surface area contributed by atoms with Crippen molar-refractivity contribution in [2.75, 3.05) is 0 Å². The second-order valence-electron chi connectivity index (χ2n) is 6.22. The van der Waals surface area contributed by atoms with Crippen molar-refractivity contribution in [3.63, 3.8) is 0 Å². The maximum absolute atomic E-state index is 10.9. The molecule has 128 valence electrons. The molecule has 2 atom stereocenters. The lowest BCUT2D eigenvalue weighted by molar-refractivity contribution is -0.137. The van der Waals surface area contributed by atoms with Gasteiger partial charge in [-0.25, -0.2) is 0 Å². The average Bonchev–Trinajstić information content (AvgIpc) is 2.55. The van der Waals surface area contributed by atoms with Gasteiger partial charge in [-0.05, 0) is 49.4 Å². The molecule has 0 bridgehead atoms. The third-order valence-electron chi connectivity index (χ3n) is 4.01. The summed E-state index contributed by atoms with van der Waals surface area (Å²) in [5.74, 6) is -0.740. The van der Waals surface area contributed by atoms with Crippen molar-refractivity contribution in [2.24, 2.45) is 0 Å². The van der Waals surface area contributed by atoms with Gasteiger partial charge in [-0.15, -0.1) is 0 Å². The van der Waals surface area contributed by atoms with E-state index in [-0.39, 0.29) is 18.5 Å². The number of hydrogen-bond acceptors (Lipinski definition) is 2. The molecule has 0 fully saturated rings. The molecule has 24 heavy (non-hydrogen) atoms. The van der Waals surface area contributed by atoms with Crippen LogP contribution in [0.2, 0.25) is 0 Å². The molecule has 0 heterocycles. The largest absolute Gasteiger partial charge is 0.481 e. The molecule has 2 rings (SSSR count). The topological polar surface area (TPSA) is 49.3 Å². The fraction of sp³-hybridized carbons (Fsp3) is 0.350. The molecule has 0 aliphatic heterocycles. The smallest absolute Gasteiger partial charge is 0.303 e. The summed E-state index contributed by atoms with van der Waals surface area (Å²) in [6.45, 7) is 2.15. The standard InChI is InChI=1S/C20H24BrNO2/c1-15(13-17-7-9-18(21)10-8-17)22-19(11-12-20(23)24)14-16-5-3-2-4-6-16/h2-10,15,19,22H,11-14H2,1H3,(H,23,24). The van der Waals surface area contributed by atoms with Crippen molar-refractivity contribution in [3.05, 3.63) is 70.2 Å². The zero-order valence-electron chi connectivity index (χ0n) is 13.9. The van der Waals surface area contributed by atoms with Crippen molar-refractivity contribution in [1.82, 2.24) is 5.32 Å². The summed E-state index contributed by atoms with van der Waals surface area (Å²) < 4.78 is 1.08. The first-order valence-electron chi connectivity index (χ1n) is 8.29. The highest BCUT2D eigenvalue weighted by Crippen LogP contribution is 2.13. The van der Waals surface area contributed by atoms with Crippen molar-refractivity contribution in [3.8, 4) is 0 Å². The number of nitrogens with one attached hydrogen (secondary N) is 1. The third kappa shape index (κ3) is 6.85. The summed E-state index contributed by atoms with van der Waals surface area (Å²) in [6.07, 6.45) is 2.59. The number of rotatable bonds is 9. The summed E-state index contributed by atoms with van der Waals surface area (Å²) in [7, 11) is 0. The quantitative estimate of drug-likeness (QED) is 0.665. The van der Waals surface area contributed by atoms with Gasteiger partial charge < -0.3 is 10.4 Å². The van der Waals surface area contributed by atoms with E-state index < -0.39 is 5.97 Å². The van der Waals surface area contributed by atoms with E-state index >= 15 is 0 Å². The molecule has 2 aromatic rings. The number of benzene rings is 2. The maximum Gasteiger partial charge on any atom is 0.303 e. The average molecular weight is 390 g/mol. The molecule has 0 radical (unpaired) electrons. The lowest BCUT2D eigenvalue weighted by Gasteiger charge is -2.23. The lowest BCUT2D eigenvalue weighted by Crippen LogP contribution is -2.39. The number of carbonyl (C=O) groups is 1. The van der Waals surface area contributed by atoms with Crippen LogP contribution >= 0.6 is 15.9 Å². The Morgan fingerprint density at radius 1 is 1.04 bits per heavy atom. The Kier molecular flexibility index (Phi) is 7.47. The highest BCUT2D eigenvalue weighted by atomic mass is 79.9. The number of carboxylic acid groups (broad SMARTS) is 1. The van der Waals surface area contributed by atoms with Crippen LogP contribution in [0.25, 0.3) is 0 Å². The number of hydrogen-bond donors (Lipinski definition) is 2. The fourth-order valence-corrected chi connectivity index (χ4v) is 3.14. The van der Waals surface area contributed by atoms with Crippen LogP contribution in [-0.4, -0.2) is 23.2 Å². The normalized spacial score (nSPS) is 13.4. The molecule has 0 amide bonds. The first-order chi connectivity index (χ1) is 11.5. The van der Waals surface area contributed by atoms with E-state index in [1.165, 1.54) is 11.1 Å². The Labute approximate surface area is 152 Å². The van der Waals surface area contributed by atoms with Crippen molar-refractivity contribution < 1.29 is 9.90 Å². The molecule has 3 nitrogen and oxygen atoms in total. The monoisotopic (exact) mass is 389 g/mol. The van der Waals surface area contributed by atoms with Crippen LogP contribution in [0.4, 0.5) is 0 Å². The SMILES string of the molecule is CC(Cc1ccc(Br)cc1)NC(CCC(=O)O)Cc1ccccc1. The van der Waals surface area contributed by atoms with Gasteiger partial charge in [-0.3, -0.25) is 4.79 Å². The van der Waals surface area contributed by atoms with Crippen LogP contribution in [-0.2, 0) is 17.6 Å². The molecule has 0 saturated carbocycles. The fourth-order valence-electron chi connectivity index (χ4n) is 2.88. The molecule has 0 aromatic heterocycles. The molecule has 2 N–H and O–H groups in total. The molecular formula is C20H24BrNO2. The Balaban J connectivity index is 1.95. The highest BCUT2D eigenvalue weighted by Gasteiger charge is 2.15. The van der Waals surface area contributed by atoms with E-state index in [4.69, 9.17) is 5.11 Å². The summed E-state index contributed by atoms with van der Waals surface area (Å²) in [4.78, 5) is 10.9. The molecule has 0 spiro atoms. The van der Waals surface area contributed by atoms with Gasteiger partial charge in [0, 0.05) is 23.0 Å². The van der Waals surface area contributed by atoms with Gasteiger partial charge in [-0.2, -0.15) is 0 Å². The zero-order chi connectivity index (χ0) is 17.4. The van der Waals surface area contributed by atoms with Crippen molar-refractivity contribution >= 4 is 21.9 Å². The second-order valence-corrected chi connectivity index (χ2v) is 7.13. The molecule has 0 aliphatic rings. The van der Waals surface area contributed by atoms with E-state index in [0.29, 0.717) is 6.42 Å². The van der Waals surface area contributed by atoms with Gasteiger partial charge in [0.15, 0.2) is 0 Å². The molecule has 0 aliphatic carbocycles. The Morgan fingerprint density at radius 3 is 2.29 bits per heavy atom. The summed E-state index contributed by atoms with van der Waals surface area (Å²) >= 11 is 3.45. The van der Waals surface area contributed by atoms with Gasteiger partial charge in [-0.1, -0.05) is 58.4 Å². The van der Waals surface area contributed by atoms with Crippen LogP contribution in [0.5, 0.6) is 0 Å². The Morgan fingerprint density at radius 2 is 1.67 bits per heavy atom. The van der Waals surface area contributed by atoms with Crippen molar-refractivity contribution in [1.29, 1.82) is 0 Å². The van der Waals surface area contributed by atoms with Gasteiger partial charge in [0.05, 0.1) is 0 Å².